The molecule has 134 valence electrons. The number of nitrogens with one attached hydrogen (secondary N) is 1. The number of hydrogen-bond donors (Lipinski definition) is 1. The lowest BCUT2D eigenvalue weighted by Crippen LogP contribution is -2.22. The lowest BCUT2D eigenvalue weighted by Gasteiger charge is -2.05. The van der Waals surface area contributed by atoms with Crippen molar-refractivity contribution in [3.05, 3.63) is 71.4 Å². The molecule has 7 heteroatoms. The van der Waals surface area contributed by atoms with Crippen LogP contribution >= 0.6 is 0 Å². The number of furan rings is 1. The molecule has 2 heterocycles. The average Bonchev–Trinajstić information content (AvgIpc) is 3.27. The van der Waals surface area contributed by atoms with E-state index >= 15 is 0 Å². The van der Waals surface area contributed by atoms with Crippen LogP contribution in [0.2, 0.25) is 0 Å². The van der Waals surface area contributed by atoms with Gasteiger partial charge in [0.1, 0.15) is 18.1 Å². The van der Waals surface area contributed by atoms with Gasteiger partial charge in [0.05, 0.1) is 6.20 Å². The van der Waals surface area contributed by atoms with Gasteiger partial charge < -0.3 is 14.5 Å². The molecule has 2 aromatic heterocycles. The number of carbonyl (C=O) groups is 2. The summed E-state index contributed by atoms with van der Waals surface area (Å²) < 4.78 is 12.8. The lowest BCUT2D eigenvalue weighted by atomic mass is 10.1. The van der Waals surface area contributed by atoms with Gasteiger partial charge in [0.25, 0.3) is 5.91 Å². The number of carbonyl (C=O) groups excluding carboxylic acids is 2. The Morgan fingerprint density at radius 3 is 2.62 bits per heavy atom. The van der Waals surface area contributed by atoms with Crippen molar-refractivity contribution in [1.82, 2.24) is 15.1 Å². The number of nitrogens with zero attached hydrogens (tertiary/aromatic N) is 2. The first-order valence-electron chi connectivity index (χ1n) is 8.09. The average molecular weight is 353 g/mol. The van der Waals surface area contributed by atoms with E-state index in [-0.39, 0.29) is 24.1 Å². The summed E-state index contributed by atoms with van der Waals surface area (Å²) in [5, 5.41) is 6.82. The van der Waals surface area contributed by atoms with Crippen molar-refractivity contribution in [3.8, 4) is 5.75 Å². The summed E-state index contributed by atoms with van der Waals surface area (Å²) in [6.45, 7) is 2.08. The van der Waals surface area contributed by atoms with E-state index in [0.717, 1.165) is 5.56 Å². The highest BCUT2D eigenvalue weighted by Crippen LogP contribution is 2.16. The number of amides is 1. The summed E-state index contributed by atoms with van der Waals surface area (Å²) in [6, 6.07) is 10.2. The third kappa shape index (κ3) is 4.38. The molecular formula is C19H19N3O4. The molecule has 0 spiro atoms. The summed E-state index contributed by atoms with van der Waals surface area (Å²) >= 11 is 0. The molecule has 0 aliphatic heterocycles. The van der Waals surface area contributed by atoms with Gasteiger partial charge in [-0.1, -0.05) is 0 Å². The predicted octanol–water partition coefficient (Wildman–Crippen LogP) is 2.72. The Morgan fingerprint density at radius 2 is 1.96 bits per heavy atom. The molecule has 0 radical (unpaired) electrons. The summed E-state index contributed by atoms with van der Waals surface area (Å²) in [6.07, 6.45) is 3.53. The Balaban J connectivity index is 1.52. The van der Waals surface area contributed by atoms with Gasteiger partial charge in [0, 0.05) is 30.9 Å². The molecule has 1 aromatic carbocycles. The number of ketones is 1. The second kappa shape index (κ2) is 7.69. The number of aromatic nitrogens is 2. The van der Waals surface area contributed by atoms with E-state index in [2.05, 4.69) is 10.4 Å². The van der Waals surface area contributed by atoms with Crippen molar-refractivity contribution in [3.63, 3.8) is 0 Å². The van der Waals surface area contributed by atoms with Crippen LogP contribution in [-0.4, -0.2) is 21.5 Å². The van der Waals surface area contributed by atoms with Crippen molar-refractivity contribution < 1.29 is 18.7 Å². The Bertz CT molecular complexity index is 909. The zero-order chi connectivity index (χ0) is 18.5. The van der Waals surface area contributed by atoms with Crippen molar-refractivity contribution in [2.24, 2.45) is 7.05 Å². The van der Waals surface area contributed by atoms with Crippen LogP contribution < -0.4 is 10.1 Å². The van der Waals surface area contributed by atoms with Crippen molar-refractivity contribution in [1.29, 1.82) is 0 Å². The SMILES string of the molecule is CC(=O)c1ccc(OCc2ccc(C(=O)NCc3cnn(C)c3)o2)cc1. The molecule has 0 fully saturated rings. The molecule has 0 saturated carbocycles. The van der Waals surface area contributed by atoms with Gasteiger partial charge >= 0.3 is 0 Å². The predicted molar refractivity (Wildman–Crippen MR) is 93.9 cm³/mol. The summed E-state index contributed by atoms with van der Waals surface area (Å²) in [5.74, 6) is 1.08. The Hall–Kier alpha value is -3.35. The van der Waals surface area contributed by atoms with Crippen LogP contribution in [0, 0.1) is 0 Å². The van der Waals surface area contributed by atoms with E-state index in [1.54, 1.807) is 47.3 Å². The molecule has 3 aromatic rings. The van der Waals surface area contributed by atoms with Crippen LogP contribution in [0.15, 0.2) is 53.2 Å². The minimum atomic E-state index is -0.300. The van der Waals surface area contributed by atoms with Gasteiger partial charge in [-0.2, -0.15) is 5.10 Å². The number of hydrogen-bond acceptors (Lipinski definition) is 5. The van der Waals surface area contributed by atoms with Gasteiger partial charge in [0.2, 0.25) is 0 Å². The first-order valence-corrected chi connectivity index (χ1v) is 8.09. The molecule has 7 nitrogen and oxygen atoms in total. The zero-order valence-electron chi connectivity index (χ0n) is 14.6. The Labute approximate surface area is 150 Å². The first-order chi connectivity index (χ1) is 12.5. The molecule has 26 heavy (non-hydrogen) atoms. The van der Waals surface area contributed by atoms with Crippen LogP contribution in [0.1, 0.15) is 39.2 Å². The van der Waals surface area contributed by atoms with Gasteiger partial charge in [-0.15, -0.1) is 0 Å². The molecule has 0 aliphatic rings. The second-order valence-electron chi connectivity index (χ2n) is 5.84. The van der Waals surface area contributed by atoms with E-state index in [0.29, 0.717) is 23.6 Å². The fourth-order valence-electron chi connectivity index (χ4n) is 2.35. The van der Waals surface area contributed by atoms with Gasteiger partial charge in [-0.05, 0) is 43.3 Å². The quantitative estimate of drug-likeness (QED) is 0.660. The Morgan fingerprint density at radius 1 is 1.19 bits per heavy atom. The Kier molecular flexibility index (Phi) is 5.17. The second-order valence-corrected chi connectivity index (χ2v) is 5.84. The van der Waals surface area contributed by atoms with E-state index in [9.17, 15) is 9.59 Å². The molecule has 0 aliphatic carbocycles. The zero-order valence-corrected chi connectivity index (χ0v) is 14.6. The maximum Gasteiger partial charge on any atom is 0.287 e. The van der Waals surface area contributed by atoms with Gasteiger partial charge in [-0.3, -0.25) is 14.3 Å². The molecule has 0 unspecified atom stereocenters. The molecule has 1 N–H and O–H groups in total. The monoisotopic (exact) mass is 353 g/mol. The van der Waals surface area contributed by atoms with Gasteiger partial charge in [0.15, 0.2) is 11.5 Å². The fourth-order valence-corrected chi connectivity index (χ4v) is 2.35. The standard InChI is InChI=1S/C19H19N3O4/c1-13(23)15-3-5-16(6-4-15)25-12-17-7-8-18(26-17)19(24)20-9-14-10-21-22(2)11-14/h3-8,10-11H,9,12H2,1-2H3,(H,20,24). The summed E-state index contributed by atoms with van der Waals surface area (Å²) in [4.78, 5) is 23.4. The number of rotatable bonds is 7. The minimum Gasteiger partial charge on any atom is -0.486 e. The van der Waals surface area contributed by atoms with Crippen LogP contribution in [-0.2, 0) is 20.2 Å². The number of aryl methyl sites for hydroxylation is 1. The number of benzene rings is 1. The minimum absolute atomic E-state index is 0.00419. The highest BCUT2D eigenvalue weighted by Gasteiger charge is 2.12. The molecule has 0 bridgehead atoms. The normalized spacial score (nSPS) is 10.5. The molecular weight excluding hydrogens is 334 g/mol. The highest BCUT2D eigenvalue weighted by molar-refractivity contribution is 5.94. The van der Waals surface area contributed by atoms with E-state index < -0.39 is 0 Å². The molecule has 1 amide bonds. The van der Waals surface area contributed by atoms with E-state index in [1.807, 2.05) is 13.2 Å². The molecule has 0 atom stereocenters. The van der Waals surface area contributed by atoms with Crippen molar-refractivity contribution in [2.75, 3.05) is 0 Å². The van der Waals surface area contributed by atoms with Crippen LogP contribution in [0.5, 0.6) is 5.75 Å². The molecule has 0 saturated heterocycles. The first kappa shape index (κ1) is 17.5. The van der Waals surface area contributed by atoms with Crippen LogP contribution in [0.4, 0.5) is 0 Å². The summed E-state index contributed by atoms with van der Waals surface area (Å²) in [7, 11) is 1.82. The van der Waals surface area contributed by atoms with E-state index in [1.165, 1.54) is 6.92 Å². The van der Waals surface area contributed by atoms with Crippen molar-refractivity contribution >= 4 is 11.7 Å². The topological polar surface area (TPSA) is 86.4 Å². The van der Waals surface area contributed by atoms with Crippen LogP contribution in [0.3, 0.4) is 0 Å². The molecule has 3 rings (SSSR count). The smallest absolute Gasteiger partial charge is 0.287 e. The van der Waals surface area contributed by atoms with Crippen LogP contribution in [0.25, 0.3) is 0 Å². The highest BCUT2D eigenvalue weighted by atomic mass is 16.5. The largest absolute Gasteiger partial charge is 0.486 e. The third-order valence-corrected chi connectivity index (χ3v) is 3.74. The number of ether oxygens (including phenoxy) is 1. The maximum absolute atomic E-state index is 12.1. The third-order valence-electron chi connectivity index (χ3n) is 3.74. The summed E-state index contributed by atoms with van der Waals surface area (Å²) in [5.41, 5.74) is 1.54. The fraction of sp³-hybridized carbons (Fsp3) is 0.211. The van der Waals surface area contributed by atoms with Gasteiger partial charge in [-0.25, -0.2) is 0 Å². The van der Waals surface area contributed by atoms with Crippen molar-refractivity contribution in [2.45, 2.75) is 20.1 Å². The number of Topliss-reactive ketones (excluding diaryl/α,β-unsaturated/α-hetero) is 1. The lowest BCUT2D eigenvalue weighted by molar-refractivity contribution is 0.0918. The van der Waals surface area contributed by atoms with E-state index in [4.69, 9.17) is 9.15 Å². The maximum atomic E-state index is 12.1.